The summed E-state index contributed by atoms with van der Waals surface area (Å²) in [5.74, 6) is 0. The maximum Gasteiger partial charge on any atom is 0.510 e. The Morgan fingerprint density at radius 2 is 1.35 bits per heavy atom. The van der Waals surface area contributed by atoms with E-state index in [2.05, 4.69) is 4.94 Å². The van der Waals surface area contributed by atoms with Gasteiger partial charge in [-0.15, -0.1) is 23.2 Å². The molecule has 0 amide bonds. The van der Waals surface area contributed by atoms with Gasteiger partial charge in [0, 0.05) is 0 Å². The SMILES string of the molecule is FC(F)(F)c1ccccc1N(ONc1ccccc1)C(F)(F)F. The van der Waals surface area contributed by atoms with Crippen LogP contribution < -0.4 is 10.5 Å². The van der Waals surface area contributed by atoms with Crippen LogP contribution in [0.25, 0.3) is 0 Å². The minimum absolute atomic E-state index is 0.145. The molecular weight excluding hydrogens is 326 g/mol. The summed E-state index contributed by atoms with van der Waals surface area (Å²) in [6.45, 7) is 0. The first-order valence-electron chi connectivity index (χ1n) is 6.21. The van der Waals surface area contributed by atoms with Crippen LogP contribution >= 0.6 is 0 Å². The van der Waals surface area contributed by atoms with Crippen LogP contribution in [0.4, 0.5) is 37.7 Å². The first-order valence-corrected chi connectivity index (χ1v) is 6.21. The molecule has 2 aromatic carbocycles. The van der Waals surface area contributed by atoms with Gasteiger partial charge in [-0.1, -0.05) is 30.3 Å². The number of hydrogen-bond donors (Lipinski definition) is 1. The van der Waals surface area contributed by atoms with Gasteiger partial charge in [-0.05, 0) is 24.3 Å². The minimum Gasteiger partial charge on any atom is -0.242 e. The number of para-hydroxylation sites is 2. The average molecular weight is 336 g/mol. The van der Waals surface area contributed by atoms with Crippen molar-refractivity contribution in [2.45, 2.75) is 12.5 Å². The topological polar surface area (TPSA) is 24.5 Å². The van der Waals surface area contributed by atoms with Gasteiger partial charge in [0.15, 0.2) is 0 Å². The molecule has 0 atom stereocenters. The molecule has 0 saturated carbocycles. The molecule has 9 heteroatoms. The van der Waals surface area contributed by atoms with Crippen LogP contribution in [0.3, 0.4) is 0 Å². The lowest BCUT2D eigenvalue weighted by atomic mass is 10.1. The Kier molecular flexibility index (Phi) is 4.69. The number of nitrogens with one attached hydrogen (secondary N) is 1. The first-order chi connectivity index (χ1) is 10.7. The van der Waals surface area contributed by atoms with Gasteiger partial charge in [-0.2, -0.15) is 13.2 Å². The van der Waals surface area contributed by atoms with E-state index in [1.54, 1.807) is 6.07 Å². The molecule has 0 unspecified atom stereocenters. The molecule has 0 heterocycles. The molecule has 0 aliphatic carbocycles. The van der Waals surface area contributed by atoms with E-state index < -0.39 is 28.8 Å². The molecule has 124 valence electrons. The second-order valence-corrected chi connectivity index (χ2v) is 4.34. The number of rotatable bonds is 4. The highest BCUT2D eigenvalue weighted by Crippen LogP contribution is 2.40. The third-order valence-electron chi connectivity index (χ3n) is 2.69. The summed E-state index contributed by atoms with van der Waals surface area (Å²) in [5.41, 5.74) is -0.524. The number of halogens is 6. The zero-order valence-electron chi connectivity index (χ0n) is 11.3. The number of benzene rings is 2. The second-order valence-electron chi connectivity index (χ2n) is 4.34. The van der Waals surface area contributed by atoms with Crippen molar-refractivity contribution >= 4 is 11.4 Å². The van der Waals surface area contributed by atoms with Crippen molar-refractivity contribution in [2.24, 2.45) is 0 Å². The molecule has 0 aromatic heterocycles. The molecule has 0 fully saturated rings. The molecule has 0 aliphatic heterocycles. The van der Waals surface area contributed by atoms with Crippen molar-refractivity contribution in [2.75, 3.05) is 10.5 Å². The normalized spacial score (nSPS) is 12.1. The van der Waals surface area contributed by atoms with Crippen LogP contribution in [-0.4, -0.2) is 6.30 Å². The highest BCUT2D eigenvalue weighted by atomic mass is 19.4. The molecule has 1 N–H and O–H groups in total. The van der Waals surface area contributed by atoms with Crippen LogP contribution in [-0.2, 0) is 11.1 Å². The van der Waals surface area contributed by atoms with E-state index in [4.69, 9.17) is 0 Å². The summed E-state index contributed by atoms with van der Waals surface area (Å²) in [5, 5.41) is -0.775. The molecule has 0 bridgehead atoms. The zero-order chi connectivity index (χ0) is 17.1. The standard InChI is InChI=1S/C14H10F6N2O/c15-13(16,17)11-8-4-5-9-12(11)22(14(18,19)20)23-21-10-6-2-1-3-7-10/h1-9,21H. The number of hydroxylamine groups is 1. The Bertz CT molecular complexity index is 642. The summed E-state index contributed by atoms with van der Waals surface area (Å²) < 4.78 is 77.9. The number of hydrogen-bond acceptors (Lipinski definition) is 3. The van der Waals surface area contributed by atoms with E-state index in [1.165, 1.54) is 24.3 Å². The number of nitrogens with zero attached hydrogens (tertiary/aromatic N) is 1. The molecule has 0 saturated heterocycles. The lowest BCUT2D eigenvalue weighted by Crippen LogP contribution is -2.40. The molecule has 0 aliphatic rings. The molecule has 0 spiro atoms. The Labute approximate surface area is 127 Å². The average Bonchev–Trinajstić information content (AvgIpc) is 2.46. The Morgan fingerprint density at radius 1 is 0.783 bits per heavy atom. The van der Waals surface area contributed by atoms with Crippen molar-refractivity contribution < 1.29 is 31.3 Å². The second kappa shape index (κ2) is 6.37. The van der Waals surface area contributed by atoms with Crippen LogP contribution in [0.2, 0.25) is 0 Å². The van der Waals surface area contributed by atoms with E-state index in [-0.39, 0.29) is 5.69 Å². The number of anilines is 2. The van der Waals surface area contributed by atoms with Gasteiger partial charge in [-0.3, -0.25) is 0 Å². The fourth-order valence-electron chi connectivity index (χ4n) is 1.73. The lowest BCUT2D eigenvalue weighted by molar-refractivity contribution is -0.187. The van der Waals surface area contributed by atoms with E-state index in [9.17, 15) is 26.3 Å². The van der Waals surface area contributed by atoms with Gasteiger partial charge in [0.25, 0.3) is 0 Å². The Balaban J connectivity index is 2.33. The van der Waals surface area contributed by atoms with Crippen LogP contribution in [0, 0.1) is 0 Å². The largest absolute Gasteiger partial charge is 0.510 e. The summed E-state index contributed by atoms with van der Waals surface area (Å²) in [7, 11) is 0. The van der Waals surface area contributed by atoms with Crippen LogP contribution in [0.15, 0.2) is 54.6 Å². The lowest BCUT2D eigenvalue weighted by Gasteiger charge is -2.27. The van der Waals surface area contributed by atoms with Crippen molar-refractivity contribution in [1.82, 2.24) is 0 Å². The summed E-state index contributed by atoms with van der Waals surface area (Å²) in [6, 6.07) is 10.7. The van der Waals surface area contributed by atoms with Crippen molar-refractivity contribution in [3.63, 3.8) is 0 Å². The number of alkyl halides is 6. The molecule has 2 aromatic rings. The van der Waals surface area contributed by atoms with Gasteiger partial charge in [0.05, 0.1) is 16.9 Å². The van der Waals surface area contributed by atoms with E-state index >= 15 is 0 Å². The van der Waals surface area contributed by atoms with Crippen LogP contribution in [0.1, 0.15) is 5.56 Å². The Hall–Kier alpha value is -2.42. The molecule has 3 nitrogen and oxygen atoms in total. The first kappa shape index (κ1) is 16.9. The summed E-state index contributed by atoms with van der Waals surface area (Å²) in [4.78, 5) is 4.37. The van der Waals surface area contributed by atoms with Crippen molar-refractivity contribution in [1.29, 1.82) is 0 Å². The maximum atomic E-state index is 13.1. The predicted molar refractivity (Wildman–Crippen MR) is 71.1 cm³/mol. The summed E-state index contributed by atoms with van der Waals surface area (Å²) in [6.07, 6.45) is -10.2. The zero-order valence-corrected chi connectivity index (χ0v) is 11.3. The Morgan fingerprint density at radius 3 is 1.91 bits per heavy atom. The third-order valence-corrected chi connectivity index (χ3v) is 2.69. The fraction of sp³-hybridized carbons (Fsp3) is 0.143. The van der Waals surface area contributed by atoms with Gasteiger partial charge >= 0.3 is 12.5 Å². The quantitative estimate of drug-likeness (QED) is 0.484. The van der Waals surface area contributed by atoms with E-state index in [1.807, 2.05) is 5.48 Å². The van der Waals surface area contributed by atoms with Gasteiger partial charge in [-0.25, -0.2) is 5.48 Å². The van der Waals surface area contributed by atoms with Crippen molar-refractivity contribution in [3.05, 3.63) is 60.2 Å². The summed E-state index contributed by atoms with van der Waals surface area (Å²) >= 11 is 0. The molecule has 2 rings (SSSR count). The van der Waals surface area contributed by atoms with Crippen LogP contribution in [0.5, 0.6) is 0 Å². The third kappa shape index (κ3) is 4.28. The van der Waals surface area contributed by atoms with Crippen molar-refractivity contribution in [3.8, 4) is 0 Å². The monoisotopic (exact) mass is 336 g/mol. The highest BCUT2D eigenvalue weighted by Gasteiger charge is 2.45. The van der Waals surface area contributed by atoms with E-state index in [0.717, 1.165) is 12.1 Å². The molecular formula is C14H10F6N2O. The van der Waals surface area contributed by atoms with Gasteiger partial charge in [0.2, 0.25) is 0 Å². The maximum absolute atomic E-state index is 13.1. The predicted octanol–water partition coefficient (Wildman–Crippen LogP) is 4.99. The molecule has 0 radical (unpaired) electrons. The van der Waals surface area contributed by atoms with E-state index in [0.29, 0.717) is 12.1 Å². The highest BCUT2D eigenvalue weighted by molar-refractivity contribution is 5.54. The smallest absolute Gasteiger partial charge is 0.242 e. The fourth-order valence-corrected chi connectivity index (χ4v) is 1.73. The van der Waals surface area contributed by atoms with Gasteiger partial charge in [0.1, 0.15) is 0 Å². The van der Waals surface area contributed by atoms with Gasteiger partial charge < -0.3 is 0 Å². The molecule has 23 heavy (non-hydrogen) atoms. The minimum atomic E-state index is -5.19.